The number of alkyl halides is 1. The van der Waals surface area contributed by atoms with Gasteiger partial charge in [0.15, 0.2) is 0 Å². The highest BCUT2D eigenvalue weighted by molar-refractivity contribution is 9.09. The molecule has 0 spiro atoms. The first kappa shape index (κ1) is 10.2. The molecular formula is C12H16BrN. The van der Waals surface area contributed by atoms with E-state index in [1.54, 1.807) is 0 Å². The van der Waals surface area contributed by atoms with E-state index in [9.17, 15) is 0 Å². The molecule has 0 saturated carbocycles. The molecule has 1 aromatic carbocycles. The zero-order valence-electron chi connectivity index (χ0n) is 8.54. The van der Waals surface area contributed by atoms with Crippen molar-refractivity contribution in [1.29, 1.82) is 0 Å². The number of hydrogen-bond donors (Lipinski definition) is 0. The predicted molar refractivity (Wildman–Crippen MR) is 63.8 cm³/mol. The zero-order chi connectivity index (χ0) is 9.97. The topological polar surface area (TPSA) is 3.24 Å². The van der Waals surface area contributed by atoms with E-state index in [1.165, 1.54) is 30.6 Å². The molecule has 1 unspecified atom stereocenters. The van der Waals surface area contributed by atoms with Gasteiger partial charge in [-0.25, -0.2) is 0 Å². The van der Waals surface area contributed by atoms with Crippen molar-refractivity contribution in [2.24, 2.45) is 0 Å². The molecule has 0 aromatic heterocycles. The first-order valence-electron chi connectivity index (χ1n) is 5.16. The second kappa shape index (κ2) is 4.45. The van der Waals surface area contributed by atoms with Crippen molar-refractivity contribution < 1.29 is 0 Å². The smallest absolute Gasteiger partial charge is 0.0285 e. The summed E-state index contributed by atoms with van der Waals surface area (Å²) in [5.41, 5.74) is 2.87. The van der Waals surface area contributed by atoms with E-state index < -0.39 is 0 Å². The number of benzene rings is 1. The molecule has 0 bridgehead atoms. The fraction of sp³-hybridized carbons (Fsp3) is 0.500. The molecule has 1 aliphatic rings. The molecular weight excluding hydrogens is 238 g/mol. The molecule has 1 nitrogen and oxygen atoms in total. The molecule has 1 aromatic rings. The van der Waals surface area contributed by atoms with Gasteiger partial charge in [0.2, 0.25) is 0 Å². The van der Waals surface area contributed by atoms with Crippen molar-refractivity contribution in [2.45, 2.75) is 24.7 Å². The van der Waals surface area contributed by atoms with E-state index in [0.717, 1.165) is 6.54 Å². The van der Waals surface area contributed by atoms with Crippen LogP contribution in [-0.4, -0.2) is 22.8 Å². The van der Waals surface area contributed by atoms with Crippen LogP contribution >= 0.6 is 15.9 Å². The molecule has 1 atom stereocenters. The van der Waals surface area contributed by atoms with Gasteiger partial charge < -0.3 is 0 Å². The van der Waals surface area contributed by atoms with Gasteiger partial charge in [-0.05, 0) is 31.0 Å². The highest BCUT2D eigenvalue weighted by atomic mass is 79.9. The highest BCUT2D eigenvalue weighted by Gasteiger charge is 2.19. The van der Waals surface area contributed by atoms with Gasteiger partial charge in [0, 0.05) is 17.9 Å². The Morgan fingerprint density at radius 2 is 2.21 bits per heavy atom. The first-order valence-corrected chi connectivity index (χ1v) is 6.08. The molecule has 2 rings (SSSR count). The second-order valence-corrected chi connectivity index (χ2v) is 5.34. The molecule has 1 heterocycles. The largest absolute Gasteiger partial charge is 0.298 e. The summed E-state index contributed by atoms with van der Waals surface area (Å²) in [7, 11) is 0. The lowest BCUT2D eigenvalue weighted by atomic mass is 10.1. The summed E-state index contributed by atoms with van der Waals surface area (Å²) >= 11 is 3.67. The van der Waals surface area contributed by atoms with Gasteiger partial charge in [0.05, 0.1) is 0 Å². The SMILES string of the molecule is Cc1ccccc1CN1CCC(Br)C1. The maximum Gasteiger partial charge on any atom is 0.0285 e. The van der Waals surface area contributed by atoms with Crippen LogP contribution in [-0.2, 0) is 6.54 Å². The van der Waals surface area contributed by atoms with Gasteiger partial charge in [0.25, 0.3) is 0 Å². The highest BCUT2D eigenvalue weighted by Crippen LogP contribution is 2.19. The molecule has 76 valence electrons. The number of aryl methyl sites for hydroxylation is 1. The average Bonchev–Trinajstić information content (AvgIpc) is 2.56. The Labute approximate surface area is 94.2 Å². The van der Waals surface area contributed by atoms with Crippen molar-refractivity contribution in [3.8, 4) is 0 Å². The van der Waals surface area contributed by atoms with E-state index in [1.807, 2.05) is 0 Å². The Kier molecular flexibility index (Phi) is 3.24. The van der Waals surface area contributed by atoms with Crippen molar-refractivity contribution in [2.75, 3.05) is 13.1 Å². The molecule has 1 saturated heterocycles. The van der Waals surface area contributed by atoms with Crippen molar-refractivity contribution in [3.63, 3.8) is 0 Å². The Hall–Kier alpha value is -0.340. The fourth-order valence-corrected chi connectivity index (χ4v) is 2.57. The van der Waals surface area contributed by atoms with Crippen LogP contribution in [0.3, 0.4) is 0 Å². The molecule has 0 radical (unpaired) electrons. The molecule has 0 N–H and O–H groups in total. The minimum Gasteiger partial charge on any atom is -0.298 e. The molecule has 0 amide bonds. The standard InChI is InChI=1S/C12H16BrN/c1-10-4-2-3-5-11(10)8-14-7-6-12(13)9-14/h2-5,12H,6-9H2,1H3. The Morgan fingerprint density at radius 3 is 2.86 bits per heavy atom. The predicted octanol–water partition coefficient (Wildman–Crippen LogP) is 2.96. The number of halogens is 1. The second-order valence-electron chi connectivity index (χ2n) is 4.05. The summed E-state index contributed by atoms with van der Waals surface area (Å²) in [6.45, 7) is 5.71. The van der Waals surface area contributed by atoms with E-state index >= 15 is 0 Å². The first-order chi connectivity index (χ1) is 6.75. The fourth-order valence-electron chi connectivity index (χ4n) is 1.96. The van der Waals surface area contributed by atoms with Gasteiger partial charge in [-0.3, -0.25) is 4.90 Å². The summed E-state index contributed by atoms with van der Waals surface area (Å²) in [5.74, 6) is 0. The lowest BCUT2D eigenvalue weighted by Crippen LogP contribution is -2.20. The van der Waals surface area contributed by atoms with Crippen LogP contribution in [0.15, 0.2) is 24.3 Å². The van der Waals surface area contributed by atoms with Crippen LogP contribution in [0.5, 0.6) is 0 Å². The van der Waals surface area contributed by atoms with Gasteiger partial charge in [-0.2, -0.15) is 0 Å². The summed E-state index contributed by atoms with van der Waals surface area (Å²) in [6, 6.07) is 8.66. The normalized spacial score (nSPS) is 22.9. The van der Waals surface area contributed by atoms with Crippen LogP contribution in [0.2, 0.25) is 0 Å². The quantitative estimate of drug-likeness (QED) is 0.733. The number of likely N-dealkylation sites (tertiary alicyclic amines) is 1. The Bertz CT molecular complexity index is 311. The van der Waals surface area contributed by atoms with Crippen LogP contribution < -0.4 is 0 Å². The van der Waals surface area contributed by atoms with Gasteiger partial charge in [-0.15, -0.1) is 0 Å². The van der Waals surface area contributed by atoms with Gasteiger partial charge in [0.1, 0.15) is 0 Å². The van der Waals surface area contributed by atoms with Crippen LogP contribution in [0.4, 0.5) is 0 Å². The minimum atomic E-state index is 0.700. The maximum absolute atomic E-state index is 3.67. The Balaban J connectivity index is 2.01. The number of hydrogen-bond acceptors (Lipinski definition) is 1. The summed E-state index contributed by atoms with van der Waals surface area (Å²) in [4.78, 5) is 3.22. The minimum absolute atomic E-state index is 0.700. The summed E-state index contributed by atoms with van der Waals surface area (Å²) in [5, 5.41) is 0. The molecule has 1 aliphatic heterocycles. The number of nitrogens with zero attached hydrogens (tertiary/aromatic N) is 1. The zero-order valence-corrected chi connectivity index (χ0v) is 10.1. The third-order valence-electron chi connectivity index (χ3n) is 2.87. The van der Waals surface area contributed by atoms with E-state index in [2.05, 4.69) is 52.0 Å². The molecule has 0 aliphatic carbocycles. The van der Waals surface area contributed by atoms with E-state index in [-0.39, 0.29) is 0 Å². The van der Waals surface area contributed by atoms with Crippen molar-refractivity contribution in [3.05, 3.63) is 35.4 Å². The van der Waals surface area contributed by atoms with Crippen molar-refractivity contribution in [1.82, 2.24) is 4.90 Å². The lowest BCUT2D eigenvalue weighted by Gasteiger charge is -2.16. The molecule has 1 fully saturated rings. The van der Waals surface area contributed by atoms with Crippen LogP contribution in [0.1, 0.15) is 17.5 Å². The van der Waals surface area contributed by atoms with Gasteiger partial charge >= 0.3 is 0 Å². The maximum atomic E-state index is 3.67. The average molecular weight is 254 g/mol. The molecule has 14 heavy (non-hydrogen) atoms. The number of rotatable bonds is 2. The summed E-state index contributed by atoms with van der Waals surface area (Å²) < 4.78 is 0. The summed E-state index contributed by atoms with van der Waals surface area (Å²) in [6.07, 6.45) is 1.28. The monoisotopic (exact) mass is 253 g/mol. The molecule has 2 heteroatoms. The van der Waals surface area contributed by atoms with Crippen LogP contribution in [0.25, 0.3) is 0 Å². The van der Waals surface area contributed by atoms with Crippen molar-refractivity contribution >= 4 is 15.9 Å². The van der Waals surface area contributed by atoms with Crippen LogP contribution in [0, 0.1) is 6.92 Å². The third kappa shape index (κ3) is 2.37. The van der Waals surface area contributed by atoms with E-state index in [0.29, 0.717) is 4.83 Å². The third-order valence-corrected chi connectivity index (χ3v) is 3.62. The van der Waals surface area contributed by atoms with Gasteiger partial charge in [-0.1, -0.05) is 40.2 Å². The Morgan fingerprint density at radius 1 is 1.43 bits per heavy atom. The lowest BCUT2D eigenvalue weighted by molar-refractivity contribution is 0.332. The van der Waals surface area contributed by atoms with E-state index in [4.69, 9.17) is 0 Å².